The predicted molar refractivity (Wildman–Crippen MR) is 49.9 cm³/mol. The van der Waals surface area contributed by atoms with E-state index in [1.165, 1.54) is 0 Å². The third-order valence-corrected chi connectivity index (χ3v) is 2.33. The van der Waals surface area contributed by atoms with Crippen molar-refractivity contribution in [3.05, 3.63) is 24.3 Å². The van der Waals surface area contributed by atoms with Crippen LogP contribution in [0.2, 0.25) is 0 Å². The van der Waals surface area contributed by atoms with Gasteiger partial charge in [0.25, 0.3) is 0 Å². The van der Waals surface area contributed by atoms with Crippen molar-refractivity contribution in [2.24, 2.45) is 5.41 Å². The van der Waals surface area contributed by atoms with Gasteiger partial charge in [-0.1, -0.05) is 27.7 Å². The summed E-state index contributed by atoms with van der Waals surface area (Å²) in [6.45, 7) is 8.83. The lowest BCUT2D eigenvalue weighted by Crippen LogP contribution is -2.16. The Morgan fingerprint density at radius 1 is 1.25 bits per heavy atom. The van der Waals surface area contributed by atoms with Crippen molar-refractivity contribution >= 4 is 0 Å². The van der Waals surface area contributed by atoms with E-state index < -0.39 is 0 Å². The van der Waals surface area contributed by atoms with E-state index in [-0.39, 0.29) is 5.41 Å². The van der Waals surface area contributed by atoms with Gasteiger partial charge >= 0.3 is 0 Å². The van der Waals surface area contributed by atoms with Crippen LogP contribution >= 0.6 is 0 Å². The number of rotatable bonds is 1. The van der Waals surface area contributed by atoms with Crippen LogP contribution in [0.15, 0.2) is 18.6 Å². The molecular weight excluding hydrogens is 148 g/mol. The average Bonchev–Trinajstić information content (AvgIpc) is 2.03. The predicted octanol–water partition coefficient (Wildman–Crippen LogP) is 2.63. The maximum Gasteiger partial charge on any atom is 0.0620 e. The lowest BCUT2D eigenvalue weighted by atomic mass is 9.80. The Labute approximate surface area is 74.1 Å². The SMILES string of the molecule is C[C@@H](c1cnccn1)C(C)(C)C. The number of nitrogens with zero attached hydrogens (tertiary/aromatic N) is 2. The van der Waals surface area contributed by atoms with Crippen LogP contribution in [-0.2, 0) is 0 Å². The molecule has 0 aliphatic carbocycles. The van der Waals surface area contributed by atoms with Gasteiger partial charge in [0.15, 0.2) is 0 Å². The highest BCUT2D eigenvalue weighted by Crippen LogP contribution is 2.32. The van der Waals surface area contributed by atoms with Crippen molar-refractivity contribution in [2.45, 2.75) is 33.6 Å². The molecule has 0 radical (unpaired) electrons. The fourth-order valence-corrected chi connectivity index (χ4v) is 0.978. The van der Waals surface area contributed by atoms with Crippen LogP contribution in [0.1, 0.15) is 39.3 Å². The van der Waals surface area contributed by atoms with E-state index in [4.69, 9.17) is 0 Å². The first-order valence-corrected chi connectivity index (χ1v) is 4.27. The van der Waals surface area contributed by atoms with Gasteiger partial charge in [-0.05, 0) is 5.41 Å². The van der Waals surface area contributed by atoms with Crippen molar-refractivity contribution in [1.29, 1.82) is 0 Å². The average molecular weight is 164 g/mol. The van der Waals surface area contributed by atoms with Crippen molar-refractivity contribution in [1.82, 2.24) is 9.97 Å². The molecule has 1 aromatic heterocycles. The molecule has 0 aliphatic rings. The minimum atomic E-state index is 0.260. The minimum absolute atomic E-state index is 0.260. The van der Waals surface area contributed by atoms with Crippen LogP contribution in [0.5, 0.6) is 0 Å². The highest BCUT2D eigenvalue weighted by molar-refractivity contribution is 5.05. The van der Waals surface area contributed by atoms with Gasteiger partial charge < -0.3 is 0 Å². The Kier molecular flexibility index (Phi) is 2.46. The fourth-order valence-electron chi connectivity index (χ4n) is 0.978. The van der Waals surface area contributed by atoms with Crippen molar-refractivity contribution in [2.75, 3.05) is 0 Å². The van der Waals surface area contributed by atoms with Crippen LogP contribution in [0.4, 0.5) is 0 Å². The standard InChI is InChI=1S/C10H16N2/c1-8(10(2,3)4)9-7-11-5-6-12-9/h5-8H,1-4H3/t8-/m0/s1. The maximum absolute atomic E-state index is 4.28. The minimum Gasteiger partial charge on any atom is -0.261 e. The Hall–Kier alpha value is -0.920. The van der Waals surface area contributed by atoms with Gasteiger partial charge in [0.1, 0.15) is 0 Å². The van der Waals surface area contributed by atoms with Crippen molar-refractivity contribution in [3.63, 3.8) is 0 Å². The smallest absolute Gasteiger partial charge is 0.0620 e. The van der Waals surface area contributed by atoms with Gasteiger partial charge in [0, 0.05) is 24.5 Å². The largest absolute Gasteiger partial charge is 0.261 e. The molecule has 0 N–H and O–H groups in total. The molecular formula is C10H16N2. The summed E-state index contributed by atoms with van der Waals surface area (Å²) < 4.78 is 0. The molecule has 1 rings (SSSR count). The second kappa shape index (κ2) is 3.21. The van der Waals surface area contributed by atoms with Crippen molar-refractivity contribution in [3.8, 4) is 0 Å². The monoisotopic (exact) mass is 164 g/mol. The summed E-state index contributed by atoms with van der Waals surface area (Å²) in [4.78, 5) is 8.34. The summed E-state index contributed by atoms with van der Waals surface area (Å²) in [5, 5.41) is 0. The molecule has 12 heavy (non-hydrogen) atoms. The van der Waals surface area contributed by atoms with Crippen LogP contribution in [0, 0.1) is 5.41 Å². The second-order valence-electron chi connectivity index (χ2n) is 4.22. The first-order valence-electron chi connectivity index (χ1n) is 4.27. The molecule has 0 aliphatic heterocycles. The van der Waals surface area contributed by atoms with E-state index in [9.17, 15) is 0 Å². The Morgan fingerprint density at radius 2 is 1.92 bits per heavy atom. The molecule has 0 amide bonds. The lowest BCUT2D eigenvalue weighted by molar-refractivity contribution is 0.333. The molecule has 66 valence electrons. The molecule has 0 spiro atoms. The quantitative estimate of drug-likeness (QED) is 0.637. The van der Waals surface area contributed by atoms with E-state index in [1.807, 2.05) is 6.20 Å². The maximum atomic E-state index is 4.28. The Bertz CT molecular complexity index is 236. The van der Waals surface area contributed by atoms with Crippen LogP contribution in [0.3, 0.4) is 0 Å². The molecule has 0 aromatic carbocycles. The Balaban J connectivity index is 2.86. The fraction of sp³-hybridized carbons (Fsp3) is 0.600. The summed E-state index contributed by atoms with van der Waals surface area (Å²) in [6.07, 6.45) is 5.30. The first-order chi connectivity index (χ1) is 5.52. The van der Waals surface area contributed by atoms with E-state index in [0.717, 1.165) is 5.69 Å². The number of aromatic nitrogens is 2. The van der Waals surface area contributed by atoms with E-state index >= 15 is 0 Å². The topological polar surface area (TPSA) is 25.8 Å². The van der Waals surface area contributed by atoms with Gasteiger partial charge in [0.2, 0.25) is 0 Å². The molecule has 2 heteroatoms. The first kappa shape index (κ1) is 9.17. The van der Waals surface area contributed by atoms with E-state index in [2.05, 4.69) is 37.7 Å². The number of hydrogen-bond donors (Lipinski definition) is 0. The summed E-state index contributed by atoms with van der Waals surface area (Å²) in [7, 11) is 0. The van der Waals surface area contributed by atoms with Crippen LogP contribution < -0.4 is 0 Å². The highest BCUT2D eigenvalue weighted by Gasteiger charge is 2.22. The summed E-state index contributed by atoms with van der Waals surface area (Å²) in [6, 6.07) is 0. The molecule has 1 atom stereocenters. The summed E-state index contributed by atoms with van der Waals surface area (Å²) in [5.41, 5.74) is 1.33. The van der Waals surface area contributed by atoms with Crippen LogP contribution in [-0.4, -0.2) is 9.97 Å². The van der Waals surface area contributed by atoms with Gasteiger partial charge in [-0.3, -0.25) is 9.97 Å². The number of hydrogen-bond acceptors (Lipinski definition) is 2. The molecule has 1 aromatic rings. The second-order valence-corrected chi connectivity index (χ2v) is 4.22. The van der Waals surface area contributed by atoms with E-state index in [0.29, 0.717) is 5.92 Å². The third-order valence-electron chi connectivity index (χ3n) is 2.33. The van der Waals surface area contributed by atoms with Gasteiger partial charge in [-0.25, -0.2) is 0 Å². The van der Waals surface area contributed by atoms with E-state index in [1.54, 1.807) is 12.4 Å². The zero-order chi connectivity index (χ0) is 9.19. The third kappa shape index (κ3) is 2.03. The summed E-state index contributed by atoms with van der Waals surface area (Å²) >= 11 is 0. The highest BCUT2D eigenvalue weighted by atomic mass is 14.8. The zero-order valence-corrected chi connectivity index (χ0v) is 8.20. The van der Waals surface area contributed by atoms with Crippen LogP contribution in [0.25, 0.3) is 0 Å². The van der Waals surface area contributed by atoms with Gasteiger partial charge in [-0.2, -0.15) is 0 Å². The van der Waals surface area contributed by atoms with Gasteiger partial charge in [-0.15, -0.1) is 0 Å². The lowest BCUT2D eigenvalue weighted by Gasteiger charge is -2.26. The molecule has 0 unspecified atom stereocenters. The normalized spacial score (nSPS) is 14.3. The summed E-state index contributed by atoms with van der Waals surface area (Å²) in [5.74, 6) is 0.450. The molecule has 0 fully saturated rings. The Morgan fingerprint density at radius 3 is 2.33 bits per heavy atom. The zero-order valence-electron chi connectivity index (χ0n) is 8.20. The van der Waals surface area contributed by atoms with Crippen molar-refractivity contribution < 1.29 is 0 Å². The molecule has 0 bridgehead atoms. The molecule has 1 heterocycles. The van der Waals surface area contributed by atoms with Gasteiger partial charge in [0.05, 0.1) is 5.69 Å². The molecule has 0 saturated carbocycles. The molecule has 2 nitrogen and oxygen atoms in total. The molecule has 0 saturated heterocycles.